The normalized spacial score (nSPS) is 24.8. The van der Waals surface area contributed by atoms with E-state index in [0.717, 1.165) is 16.7 Å². The summed E-state index contributed by atoms with van der Waals surface area (Å²) in [6.45, 7) is 2.48. The van der Waals surface area contributed by atoms with E-state index in [2.05, 4.69) is 5.32 Å². The minimum absolute atomic E-state index is 0.159. The Morgan fingerprint density at radius 1 is 1.14 bits per heavy atom. The van der Waals surface area contributed by atoms with Crippen molar-refractivity contribution in [1.82, 2.24) is 9.62 Å². The number of aliphatic hydroxyl groups excluding tert-OH is 1. The molecule has 6 nitrogen and oxygen atoms in total. The van der Waals surface area contributed by atoms with Crippen LogP contribution in [-0.4, -0.2) is 42.9 Å². The summed E-state index contributed by atoms with van der Waals surface area (Å²) in [4.78, 5) is 13.2. The van der Waals surface area contributed by atoms with E-state index < -0.39 is 28.1 Å². The number of nitrogens with zero attached hydrogens (tertiary/aromatic N) is 1. The second-order valence-corrected chi connectivity index (χ2v) is 9.91. The van der Waals surface area contributed by atoms with Crippen molar-refractivity contribution in [2.75, 3.05) is 13.1 Å². The molecule has 1 aliphatic carbocycles. The third-order valence-electron chi connectivity index (χ3n) is 5.92. The Kier molecular flexibility index (Phi) is 5.46. The van der Waals surface area contributed by atoms with E-state index in [0.29, 0.717) is 25.8 Å². The number of benzene rings is 2. The van der Waals surface area contributed by atoms with Gasteiger partial charge in [0.25, 0.3) is 0 Å². The van der Waals surface area contributed by atoms with Crippen LogP contribution in [0.1, 0.15) is 35.6 Å². The molecule has 2 aliphatic rings. The summed E-state index contributed by atoms with van der Waals surface area (Å²) < 4.78 is 27.4. The number of carbonyl (C=O) groups is 1. The van der Waals surface area contributed by atoms with Gasteiger partial charge in [0, 0.05) is 19.5 Å². The maximum absolute atomic E-state index is 13.0. The minimum Gasteiger partial charge on any atom is -0.390 e. The lowest BCUT2D eigenvalue weighted by molar-refractivity contribution is -0.127. The number of aliphatic hydroxyl groups is 1. The van der Waals surface area contributed by atoms with Gasteiger partial charge in [0.15, 0.2) is 0 Å². The van der Waals surface area contributed by atoms with E-state index >= 15 is 0 Å². The quantitative estimate of drug-likeness (QED) is 0.803. The molecule has 1 heterocycles. The molecule has 0 bridgehead atoms. The summed E-state index contributed by atoms with van der Waals surface area (Å²) in [5.41, 5.74) is 2.97. The van der Waals surface area contributed by atoms with Gasteiger partial charge in [-0.3, -0.25) is 4.79 Å². The highest BCUT2D eigenvalue weighted by molar-refractivity contribution is 7.89. The third kappa shape index (κ3) is 3.95. The van der Waals surface area contributed by atoms with E-state index in [9.17, 15) is 18.3 Å². The maximum Gasteiger partial charge on any atom is 0.243 e. The van der Waals surface area contributed by atoms with Crippen LogP contribution >= 0.6 is 0 Å². The first-order valence-electron chi connectivity index (χ1n) is 9.99. The van der Waals surface area contributed by atoms with Gasteiger partial charge in [-0.05, 0) is 43.0 Å². The highest BCUT2D eigenvalue weighted by Gasteiger charge is 2.37. The van der Waals surface area contributed by atoms with Crippen LogP contribution in [-0.2, 0) is 21.2 Å². The van der Waals surface area contributed by atoms with Crippen LogP contribution in [0.25, 0.3) is 0 Å². The van der Waals surface area contributed by atoms with Gasteiger partial charge in [0.05, 0.1) is 23.0 Å². The lowest BCUT2D eigenvalue weighted by atomic mass is 9.97. The number of rotatable bonds is 4. The van der Waals surface area contributed by atoms with Crippen LogP contribution in [0, 0.1) is 12.8 Å². The molecule has 0 radical (unpaired) electrons. The molecule has 29 heavy (non-hydrogen) atoms. The largest absolute Gasteiger partial charge is 0.390 e. The number of carbonyl (C=O) groups excluding carboxylic acids is 1. The summed E-state index contributed by atoms with van der Waals surface area (Å²) in [5.74, 6) is -0.626. The molecule has 2 N–H and O–H groups in total. The molecule has 2 aromatic rings. The van der Waals surface area contributed by atoms with E-state index in [1.165, 1.54) is 4.31 Å². The van der Waals surface area contributed by atoms with Crippen molar-refractivity contribution in [3.05, 3.63) is 65.2 Å². The monoisotopic (exact) mass is 414 g/mol. The molecular weight excluding hydrogens is 388 g/mol. The lowest BCUT2D eigenvalue weighted by Crippen LogP contribution is -2.46. The Labute approximate surface area is 171 Å². The van der Waals surface area contributed by atoms with Gasteiger partial charge in [-0.25, -0.2) is 8.42 Å². The van der Waals surface area contributed by atoms with Crippen molar-refractivity contribution >= 4 is 15.9 Å². The highest BCUT2D eigenvalue weighted by atomic mass is 32.2. The number of hydrogen-bond acceptors (Lipinski definition) is 4. The topological polar surface area (TPSA) is 86.7 Å². The zero-order valence-electron chi connectivity index (χ0n) is 16.4. The second kappa shape index (κ2) is 7.89. The fourth-order valence-corrected chi connectivity index (χ4v) is 5.78. The van der Waals surface area contributed by atoms with Crippen molar-refractivity contribution in [2.24, 2.45) is 5.92 Å². The van der Waals surface area contributed by atoms with Crippen LogP contribution in [0.5, 0.6) is 0 Å². The maximum atomic E-state index is 13.0. The zero-order chi connectivity index (χ0) is 20.6. The standard InChI is InChI=1S/C22H26N2O4S/c1-15-8-10-18(11-9-15)29(27,28)24-12-4-6-17(14-24)22(26)23-21-19-7-3-2-5-16(19)13-20(21)25/h2-3,5,7-11,17,20-21,25H,4,6,12-14H2,1H3,(H,23,26). The molecule has 7 heteroatoms. The van der Waals surface area contributed by atoms with Crippen LogP contribution in [0.3, 0.4) is 0 Å². The average Bonchev–Trinajstić information content (AvgIpc) is 3.03. The highest BCUT2D eigenvalue weighted by Crippen LogP contribution is 2.32. The van der Waals surface area contributed by atoms with E-state index in [1.54, 1.807) is 24.3 Å². The molecule has 1 saturated heterocycles. The molecule has 3 atom stereocenters. The van der Waals surface area contributed by atoms with Gasteiger partial charge in [0.2, 0.25) is 15.9 Å². The average molecular weight is 415 g/mol. The first-order valence-corrected chi connectivity index (χ1v) is 11.4. The number of aryl methyl sites for hydroxylation is 1. The van der Waals surface area contributed by atoms with Gasteiger partial charge >= 0.3 is 0 Å². The van der Waals surface area contributed by atoms with Crippen LogP contribution in [0.2, 0.25) is 0 Å². The first-order chi connectivity index (χ1) is 13.9. The SMILES string of the molecule is Cc1ccc(S(=O)(=O)N2CCCC(C(=O)NC3c4ccccc4CC3O)C2)cc1. The Balaban J connectivity index is 1.47. The number of sulfonamides is 1. The van der Waals surface area contributed by atoms with Crippen LogP contribution in [0.4, 0.5) is 0 Å². The number of nitrogens with one attached hydrogen (secondary N) is 1. The van der Waals surface area contributed by atoms with Crippen molar-refractivity contribution in [3.63, 3.8) is 0 Å². The molecule has 0 spiro atoms. The van der Waals surface area contributed by atoms with Gasteiger partial charge in [-0.1, -0.05) is 42.0 Å². The molecule has 3 unspecified atom stereocenters. The fraction of sp³-hybridized carbons (Fsp3) is 0.409. The fourth-order valence-electron chi connectivity index (χ4n) is 4.25. The van der Waals surface area contributed by atoms with E-state index in [-0.39, 0.29) is 17.3 Å². The summed E-state index contributed by atoms with van der Waals surface area (Å²) in [7, 11) is -3.63. The third-order valence-corrected chi connectivity index (χ3v) is 7.79. The van der Waals surface area contributed by atoms with Crippen molar-refractivity contribution in [2.45, 2.75) is 43.2 Å². The summed E-state index contributed by atoms with van der Waals surface area (Å²) in [6, 6.07) is 14.0. The molecular formula is C22H26N2O4S. The summed E-state index contributed by atoms with van der Waals surface area (Å²) in [6.07, 6.45) is 1.12. The molecule has 4 rings (SSSR count). The molecule has 2 aromatic carbocycles. The molecule has 1 fully saturated rings. The number of piperidine rings is 1. The Morgan fingerprint density at radius 3 is 2.62 bits per heavy atom. The van der Waals surface area contributed by atoms with Crippen LogP contribution < -0.4 is 5.32 Å². The minimum atomic E-state index is -3.63. The molecule has 154 valence electrons. The molecule has 0 aromatic heterocycles. The van der Waals surface area contributed by atoms with Crippen molar-refractivity contribution < 1.29 is 18.3 Å². The van der Waals surface area contributed by atoms with Gasteiger partial charge in [-0.2, -0.15) is 4.31 Å². The molecule has 1 aliphatic heterocycles. The smallest absolute Gasteiger partial charge is 0.243 e. The van der Waals surface area contributed by atoms with Gasteiger partial charge in [-0.15, -0.1) is 0 Å². The van der Waals surface area contributed by atoms with E-state index in [1.807, 2.05) is 31.2 Å². The van der Waals surface area contributed by atoms with Crippen molar-refractivity contribution in [3.8, 4) is 0 Å². The zero-order valence-corrected chi connectivity index (χ0v) is 17.2. The Bertz CT molecular complexity index is 1000. The predicted octanol–water partition coefficient (Wildman–Crippen LogP) is 2.17. The summed E-state index contributed by atoms with van der Waals surface area (Å²) >= 11 is 0. The molecule has 0 saturated carbocycles. The Morgan fingerprint density at radius 2 is 1.86 bits per heavy atom. The van der Waals surface area contributed by atoms with Gasteiger partial charge in [0.1, 0.15) is 0 Å². The lowest BCUT2D eigenvalue weighted by Gasteiger charge is -2.32. The van der Waals surface area contributed by atoms with Gasteiger partial charge < -0.3 is 10.4 Å². The second-order valence-electron chi connectivity index (χ2n) is 7.97. The first kappa shape index (κ1) is 20.1. The number of amides is 1. The van der Waals surface area contributed by atoms with Crippen molar-refractivity contribution in [1.29, 1.82) is 0 Å². The van der Waals surface area contributed by atoms with E-state index in [4.69, 9.17) is 0 Å². The molecule has 1 amide bonds. The van der Waals surface area contributed by atoms with Crippen LogP contribution in [0.15, 0.2) is 53.4 Å². The summed E-state index contributed by atoms with van der Waals surface area (Å²) in [5, 5.41) is 13.4. The predicted molar refractivity (Wildman–Crippen MR) is 110 cm³/mol. The number of hydrogen-bond donors (Lipinski definition) is 2. The Hall–Kier alpha value is -2.22. The number of fused-ring (bicyclic) bond motifs is 1.